The number of nitrogens with zero attached hydrogens (tertiary/aromatic N) is 1. The summed E-state index contributed by atoms with van der Waals surface area (Å²) in [5, 5.41) is 8.73. The second-order valence-corrected chi connectivity index (χ2v) is 6.80. The summed E-state index contributed by atoms with van der Waals surface area (Å²) in [6.07, 6.45) is 2.24. The van der Waals surface area contributed by atoms with E-state index in [-0.39, 0.29) is 12.1 Å². The number of benzene rings is 1. The van der Waals surface area contributed by atoms with Crippen LogP contribution in [-0.4, -0.2) is 50.6 Å². The minimum atomic E-state index is -3.98. The van der Waals surface area contributed by atoms with E-state index < -0.39 is 26.7 Å². The van der Waals surface area contributed by atoms with E-state index in [2.05, 4.69) is 4.72 Å². The van der Waals surface area contributed by atoms with Gasteiger partial charge in [-0.25, -0.2) is 22.3 Å². The molecule has 1 aliphatic rings. The van der Waals surface area contributed by atoms with E-state index in [1.54, 1.807) is 0 Å². The largest absolute Gasteiger partial charge is 0.478 e. The number of hydrogen-bond acceptors (Lipinski definition) is 4. The molecule has 1 aromatic rings. The number of rotatable bonds is 7. The fourth-order valence-electron chi connectivity index (χ4n) is 1.98. The molecule has 0 atom stereocenters. The number of carbonyl (C=O) groups is 1. The zero-order chi connectivity index (χ0) is 15.6. The van der Waals surface area contributed by atoms with Crippen molar-refractivity contribution >= 4 is 16.0 Å². The highest BCUT2D eigenvalue weighted by molar-refractivity contribution is 7.89. The van der Waals surface area contributed by atoms with Gasteiger partial charge in [-0.15, -0.1) is 0 Å². The first-order chi connectivity index (χ1) is 9.81. The number of likely N-dealkylation sites (N-methyl/N-ethyl adjacent to an activating group) is 1. The van der Waals surface area contributed by atoms with E-state index in [1.807, 2.05) is 11.9 Å². The van der Waals surface area contributed by atoms with Crippen LogP contribution in [0.4, 0.5) is 4.39 Å². The molecule has 0 aliphatic heterocycles. The molecule has 1 aliphatic carbocycles. The van der Waals surface area contributed by atoms with E-state index in [1.165, 1.54) is 0 Å². The van der Waals surface area contributed by atoms with Crippen molar-refractivity contribution in [2.45, 2.75) is 23.8 Å². The Morgan fingerprint density at radius 3 is 2.67 bits per heavy atom. The van der Waals surface area contributed by atoms with Gasteiger partial charge >= 0.3 is 5.97 Å². The molecule has 2 N–H and O–H groups in total. The Balaban J connectivity index is 2.02. The zero-order valence-corrected chi connectivity index (χ0v) is 12.4. The van der Waals surface area contributed by atoms with Crippen LogP contribution >= 0.6 is 0 Å². The van der Waals surface area contributed by atoms with Gasteiger partial charge in [0.15, 0.2) is 0 Å². The summed E-state index contributed by atoms with van der Waals surface area (Å²) < 4.78 is 40.0. The van der Waals surface area contributed by atoms with Crippen molar-refractivity contribution in [2.75, 3.05) is 20.1 Å². The normalized spacial score (nSPS) is 15.4. The lowest BCUT2D eigenvalue weighted by Crippen LogP contribution is -2.34. The van der Waals surface area contributed by atoms with Gasteiger partial charge in [-0.05, 0) is 38.1 Å². The van der Waals surface area contributed by atoms with Crippen molar-refractivity contribution < 1.29 is 22.7 Å². The molecule has 1 fully saturated rings. The molecular weight excluding hydrogens is 299 g/mol. The average Bonchev–Trinajstić information content (AvgIpc) is 3.22. The van der Waals surface area contributed by atoms with Crippen LogP contribution < -0.4 is 4.72 Å². The standard InChI is InChI=1S/C13H17FN2O4S/c1-16(10-3-4-10)7-6-15-21(19,20)12-5-2-9(13(17)18)8-11(12)14/h2,5,8,10,15H,3-4,6-7H2,1H3,(H,17,18). The van der Waals surface area contributed by atoms with Crippen LogP contribution in [0.3, 0.4) is 0 Å². The Kier molecular flexibility index (Phi) is 4.60. The first-order valence-corrected chi connectivity index (χ1v) is 8.02. The summed E-state index contributed by atoms with van der Waals surface area (Å²) in [7, 11) is -2.07. The molecule has 21 heavy (non-hydrogen) atoms. The van der Waals surface area contributed by atoms with Crippen molar-refractivity contribution in [3.63, 3.8) is 0 Å². The van der Waals surface area contributed by atoms with Gasteiger partial charge < -0.3 is 10.0 Å². The van der Waals surface area contributed by atoms with E-state index in [4.69, 9.17) is 5.11 Å². The van der Waals surface area contributed by atoms with Crippen LogP contribution in [-0.2, 0) is 10.0 Å². The van der Waals surface area contributed by atoms with Crippen molar-refractivity contribution in [3.8, 4) is 0 Å². The smallest absolute Gasteiger partial charge is 0.335 e. The third-order valence-corrected chi connectivity index (χ3v) is 4.89. The van der Waals surface area contributed by atoms with Gasteiger partial charge in [0.25, 0.3) is 0 Å². The molecule has 1 aromatic carbocycles. The third-order valence-electron chi connectivity index (χ3n) is 3.40. The minimum Gasteiger partial charge on any atom is -0.478 e. The van der Waals surface area contributed by atoms with Gasteiger partial charge in [0.1, 0.15) is 10.7 Å². The van der Waals surface area contributed by atoms with Crippen molar-refractivity contribution in [1.82, 2.24) is 9.62 Å². The molecule has 0 amide bonds. The van der Waals surface area contributed by atoms with Gasteiger partial charge in [0, 0.05) is 19.1 Å². The lowest BCUT2D eigenvalue weighted by atomic mass is 10.2. The van der Waals surface area contributed by atoms with E-state index >= 15 is 0 Å². The highest BCUT2D eigenvalue weighted by Gasteiger charge is 2.26. The minimum absolute atomic E-state index is 0.176. The molecule has 8 heteroatoms. The van der Waals surface area contributed by atoms with Crippen molar-refractivity contribution in [1.29, 1.82) is 0 Å². The summed E-state index contributed by atoms with van der Waals surface area (Å²) in [6, 6.07) is 3.25. The Labute approximate surface area is 122 Å². The predicted molar refractivity (Wildman–Crippen MR) is 74.2 cm³/mol. The van der Waals surface area contributed by atoms with Crippen LogP contribution in [0.5, 0.6) is 0 Å². The van der Waals surface area contributed by atoms with Gasteiger partial charge in [-0.1, -0.05) is 0 Å². The summed E-state index contributed by atoms with van der Waals surface area (Å²) in [6.45, 7) is 0.716. The number of hydrogen-bond donors (Lipinski definition) is 2. The van der Waals surface area contributed by atoms with E-state index in [9.17, 15) is 17.6 Å². The monoisotopic (exact) mass is 316 g/mol. The molecule has 0 unspecified atom stereocenters. The SMILES string of the molecule is CN(CCNS(=O)(=O)c1ccc(C(=O)O)cc1F)C1CC1. The Morgan fingerprint density at radius 1 is 1.48 bits per heavy atom. The number of carboxylic acids is 1. The maximum Gasteiger partial charge on any atom is 0.335 e. The number of sulfonamides is 1. The molecule has 0 spiro atoms. The summed E-state index contributed by atoms with van der Waals surface area (Å²) in [5.74, 6) is -2.38. The maximum atomic E-state index is 13.7. The fourth-order valence-corrected chi connectivity index (χ4v) is 3.06. The number of nitrogens with one attached hydrogen (secondary N) is 1. The second-order valence-electron chi connectivity index (χ2n) is 5.06. The van der Waals surface area contributed by atoms with Gasteiger partial charge in [0.2, 0.25) is 10.0 Å². The molecule has 1 saturated carbocycles. The Hall–Kier alpha value is -1.51. The topological polar surface area (TPSA) is 86.7 Å². The molecule has 6 nitrogen and oxygen atoms in total. The van der Waals surface area contributed by atoms with Crippen LogP contribution in [0.25, 0.3) is 0 Å². The predicted octanol–water partition coefficient (Wildman–Crippen LogP) is 0.896. The zero-order valence-electron chi connectivity index (χ0n) is 11.5. The summed E-state index contributed by atoms with van der Waals surface area (Å²) in [4.78, 5) is 12.2. The third kappa shape index (κ3) is 3.99. The number of aromatic carboxylic acids is 1. The van der Waals surface area contributed by atoms with Crippen LogP contribution in [0, 0.1) is 5.82 Å². The molecule has 0 radical (unpaired) electrons. The van der Waals surface area contributed by atoms with Crippen LogP contribution in [0.2, 0.25) is 0 Å². The van der Waals surface area contributed by atoms with Crippen molar-refractivity contribution in [3.05, 3.63) is 29.6 Å². The number of halogens is 1. The Morgan fingerprint density at radius 2 is 2.14 bits per heavy atom. The van der Waals surface area contributed by atoms with Crippen molar-refractivity contribution in [2.24, 2.45) is 0 Å². The number of carboxylic acid groups (broad SMARTS) is 1. The quantitative estimate of drug-likeness (QED) is 0.780. The van der Waals surface area contributed by atoms with Gasteiger partial charge in [0.05, 0.1) is 5.56 Å². The molecular formula is C13H17FN2O4S. The highest BCUT2D eigenvalue weighted by atomic mass is 32.2. The molecule has 0 saturated heterocycles. The van der Waals surface area contributed by atoms with Crippen LogP contribution in [0.1, 0.15) is 23.2 Å². The molecule has 0 heterocycles. The maximum absolute atomic E-state index is 13.7. The summed E-state index contributed by atoms with van der Waals surface area (Å²) >= 11 is 0. The molecule has 116 valence electrons. The van der Waals surface area contributed by atoms with Crippen LogP contribution in [0.15, 0.2) is 23.1 Å². The van der Waals surface area contributed by atoms with Gasteiger partial charge in [-0.2, -0.15) is 0 Å². The lowest BCUT2D eigenvalue weighted by Gasteiger charge is -2.16. The fraction of sp³-hybridized carbons (Fsp3) is 0.462. The van der Waals surface area contributed by atoms with E-state index in [0.29, 0.717) is 18.7 Å². The lowest BCUT2D eigenvalue weighted by molar-refractivity contribution is 0.0696. The first kappa shape index (κ1) is 15.9. The molecule has 0 aromatic heterocycles. The first-order valence-electron chi connectivity index (χ1n) is 6.54. The molecule has 2 rings (SSSR count). The highest BCUT2D eigenvalue weighted by Crippen LogP contribution is 2.24. The summed E-state index contributed by atoms with van der Waals surface area (Å²) in [5.41, 5.74) is -0.292. The second kappa shape index (κ2) is 6.08. The Bertz CT molecular complexity index is 644. The van der Waals surface area contributed by atoms with Gasteiger partial charge in [-0.3, -0.25) is 0 Å². The van der Waals surface area contributed by atoms with E-state index in [0.717, 1.165) is 25.0 Å². The average molecular weight is 316 g/mol. The molecule has 0 bridgehead atoms.